The number of rotatable bonds is 11. The highest BCUT2D eigenvalue weighted by atomic mass is 32.1. The number of hydrogen-bond donors (Lipinski definition) is 3. The van der Waals surface area contributed by atoms with Crippen LogP contribution in [-0.2, 0) is 4.74 Å². The Morgan fingerprint density at radius 1 is 0.935 bits per heavy atom. The Hall–Kier alpha value is -2.97. The molecule has 0 bridgehead atoms. The van der Waals surface area contributed by atoms with Crippen LogP contribution in [0.5, 0.6) is 5.75 Å². The van der Waals surface area contributed by atoms with Crippen LogP contribution in [-0.4, -0.2) is 43.3 Å². The average Bonchev–Trinajstić information content (AvgIpc) is 2.77. The molecule has 0 saturated heterocycles. The summed E-state index contributed by atoms with van der Waals surface area (Å²) in [5.74, 6) is -0.161. The van der Waals surface area contributed by atoms with E-state index >= 15 is 0 Å². The fraction of sp³-hybridized carbons (Fsp3) is 0.348. The molecule has 0 spiro atoms. The molecule has 0 unspecified atom stereocenters. The molecule has 0 radical (unpaired) electrons. The van der Waals surface area contributed by atoms with Crippen LogP contribution in [0.15, 0.2) is 48.5 Å². The van der Waals surface area contributed by atoms with Crippen LogP contribution in [0, 0.1) is 0 Å². The SMILES string of the molecule is CCCCNC(=O)c1ccccc1NC(=S)NC(=O)c1ccccc1OCCOCC. The topological polar surface area (TPSA) is 88.7 Å². The van der Waals surface area contributed by atoms with Gasteiger partial charge in [-0.25, -0.2) is 0 Å². The van der Waals surface area contributed by atoms with E-state index in [2.05, 4.69) is 22.9 Å². The van der Waals surface area contributed by atoms with Crippen LogP contribution in [0.3, 0.4) is 0 Å². The maximum atomic E-state index is 12.7. The molecule has 0 atom stereocenters. The van der Waals surface area contributed by atoms with Crippen LogP contribution in [0.25, 0.3) is 0 Å². The normalized spacial score (nSPS) is 10.3. The van der Waals surface area contributed by atoms with Gasteiger partial charge in [0.1, 0.15) is 12.4 Å². The molecule has 0 aromatic heterocycles. The van der Waals surface area contributed by atoms with E-state index in [9.17, 15) is 9.59 Å². The van der Waals surface area contributed by atoms with Crippen molar-refractivity contribution in [3.05, 3.63) is 59.7 Å². The van der Waals surface area contributed by atoms with Gasteiger partial charge in [0.2, 0.25) is 0 Å². The smallest absolute Gasteiger partial charge is 0.261 e. The molecule has 0 aliphatic carbocycles. The molecule has 2 aromatic carbocycles. The number of amides is 2. The number of unbranched alkanes of at least 4 members (excludes halogenated alkanes) is 1. The number of nitrogens with one attached hydrogen (secondary N) is 3. The van der Waals surface area contributed by atoms with Crippen LogP contribution >= 0.6 is 12.2 Å². The first-order valence-electron chi connectivity index (χ1n) is 10.4. The minimum Gasteiger partial charge on any atom is -0.490 e. The molecule has 0 heterocycles. The third-order valence-electron chi connectivity index (χ3n) is 4.28. The van der Waals surface area contributed by atoms with Crippen molar-refractivity contribution in [1.29, 1.82) is 0 Å². The predicted molar refractivity (Wildman–Crippen MR) is 126 cm³/mol. The third-order valence-corrected chi connectivity index (χ3v) is 4.49. The molecular formula is C23H29N3O4S. The van der Waals surface area contributed by atoms with Gasteiger partial charge in [0.15, 0.2) is 5.11 Å². The Kier molecular flexibility index (Phi) is 10.5. The lowest BCUT2D eigenvalue weighted by Crippen LogP contribution is -2.35. The van der Waals surface area contributed by atoms with Crippen molar-refractivity contribution in [2.75, 3.05) is 31.7 Å². The second-order valence-corrected chi connectivity index (χ2v) is 7.01. The first kappa shape index (κ1) is 24.3. The summed E-state index contributed by atoms with van der Waals surface area (Å²) in [7, 11) is 0. The van der Waals surface area contributed by atoms with E-state index in [1.807, 2.05) is 6.92 Å². The second-order valence-electron chi connectivity index (χ2n) is 6.60. The summed E-state index contributed by atoms with van der Waals surface area (Å²) in [6.45, 7) is 5.94. The number of carbonyl (C=O) groups is 2. The summed E-state index contributed by atoms with van der Waals surface area (Å²) in [6.07, 6.45) is 1.90. The molecule has 0 fully saturated rings. The molecule has 0 aliphatic rings. The zero-order chi connectivity index (χ0) is 22.5. The fourth-order valence-electron chi connectivity index (χ4n) is 2.72. The van der Waals surface area contributed by atoms with E-state index in [4.69, 9.17) is 21.7 Å². The third kappa shape index (κ3) is 7.99. The van der Waals surface area contributed by atoms with Gasteiger partial charge in [0.25, 0.3) is 11.8 Å². The van der Waals surface area contributed by atoms with Crippen LogP contribution in [0.1, 0.15) is 47.4 Å². The van der Waals surface area contributed by atoms with Gasteiger partial charge in [-0.1, -0.05) is 37.6 Å². The van der Waals surface area contributed by atoms with E-state index in [0.717, 1.165) is 12.8 Å². The molecule has 2 aromatic rings. The highest BCUT2D eigenvalue weighted by Crippen LogP contribution is 2.18. The Morgan fingerprint density at radius 3 is 2.39 bits per heavy atom. The zero-order valence-corrected chi connectivity index (χ0v) is 18.7. The molecule has 0 saturated carbocycles. The molecule has 31 heavy (non-hydrogen) atoms. The number of thiocarbonyl (C=S) groups is 1. The zero-order valence-electron chi connectivity index (χ0n) is 17.9. The van der Waals surface area contributed by atoms with E-state index in [-0.39, 0.29) is 11.0 Å². The predicted octanol–water partition coefficient (Wildman–Crippen LogP) is 3.76. The quantitative estimate of drug-likeness (QED) is 0.362. The van der Waals surface area contributed by atoms with E-state index in [1.54, 1.807) is 48.5 Å². The van der Waals surface area contributed by atoms with Crippen molar-refractivity contribution in [3.63, 3.8) is 0 Å². The summed E-state index contributed by atoms with van der Waals surface area (Å²) < 4.78 is 10.9. The number of anilines is 1. The summed E-state index contributed by atoms with van der Waals surface area (Å²) in [6, 6.07) is 13.9. The lowest BCUT2D eigenvalue weighted by Gasteiger charge is -2.15. The van der Waals surface area contributed by atoms with Crippen molar-refractivity contribution in [3.8, 4) is 5.75 Å². The van der Waals surface area contributed by atoms with Gasteiger partial charge in [-0.3, -0.25) is 14.9 Å². The summed E-state index contributed by atoms with van der Waals surface area (Å²) in [4.78, 5) is 25.2. The van der Waals surface area contributed by atoms with E-state index in [0.29, 0.717) is 48.9 Å². The maximum Gasteiger partial charge on any atom is 0.261 e. The van der Waals surface area contributed by atoms with Crippen molar-refractivity contribution in [1.82, 2.24) is 10.6 Å². The lowest BCUT2D eigenvalue weighted by atomic mass is 10.1. The van der Waals surface area contributed by atoms with Gasteiger partial charge in [-0.05, 0) is 49.8 Å². The summed E-state index contributed by atoms with van der Waals surface area (Å²) in [5, 5.41) is 8.55. The number of hydrogen-bond acceptors (Lipinski definition) is 5. The molecule has 2 rings (SSSR count). The highest BCUT2D eigenvalue weighted by Gasteiger charge is 2.16. The molecule has 2 amide bonds. The molecular weight excluding hydrogens is 414 g/mol. The lowest BCUT2D eigenvalue weighted by molar-refractivity contribution is 0.0949. The highest BCUT2D eigenvalue weighted by molar-refractivity contribution is 7.80. The molecule has 8 heteroatoms. The van der Waals surface area contributed by atoms with E-state index in [1.165, 1.54) is 0 Å². The maximum absolute atomic E-state index is 12.7. The van der Waals surface area contributed by atoms with Crippen molar-refractivity contribution in [2.45, 2.75) is 26.7 Å². The summed E-state index contributed by atoms with van der Waals surface area (Å²) >= 11 is 5.29. The average molecular weight is 444 g/mol. The van der Waals surface area contributed by atoms with Crippen LogP contribution < -0.4 is 20.7 Å². The fourth-order valence-corrected chi connectivity index (χ4v) is 2.93. The van der Waals surface area contributed by atoms with Gasteiger partial charge in [0.05, 0.1) is 23.4 Å². The van der Waals surface area contributed by atoms with Crippen molar-refractivity contribution >= 4 is 34.8 Å². The van der Waals surface area contributed by atoms with E-state index < -0.39 is 5.91 Å². The number of para-hydroxylation sites is 2. The van der Waals surface area contributed by atoms with Gasteiger partial charge in [-0.2, -0.15) is 0 Å². The Bertz CT molecular complexity index is 889. The van der Waals surface area contributed by atoms with Crippen molar-refractivity contribution in [2.24, 2.45) is 0 Å². The van der Waals surface area contributed by atoms with Gasteiger partial charge in [0, 0.05) is 13.2 Å². The Balaban J connectivity index is 2.01. The monoisotopic (exact) mass is 443 g/mol. The minimum absolute atomic E-state index is 0.0860. The summed E-state index contributed by atoms with van der Waals surface area (Å²) in [5.41, 5.74) is 1.33. The standard InChI is InChI=1S/C23H29N3O4S/c1-3-5-14-24-21(27)17-10-6-8-12-19(17)25-23(31)26-22(28)18-11-7-9-13-20(18)30-16-15-29-4-2/h6-13H,3-5,14-16H2,1-2H3,(H,24,27)(H2,25,26,28,31). The van der Waals surface area contributed by atoms with Gasteiger partial charge in [-0.15, -0.1) is 0 Å². The van der Waals surface area contributed by atoms with Gasteiger partial charge >= 0.3 is 0 Å². The van der Waals surface area contributed by atoms with Crippen molar-refractivity contribution < 1.29 is 19.1 Å². The van der Waals surface area contributed by atoms with Crippen LogP contribution in [0.2, 0.25) is 0 Å². The number of carbonyl (C=O) groups excluding carboxylic acids is 2. The Morgan fingerprint density at radius 2 is 1.65 bits per heavy atom. The molecule has 166 valence electrons. The first-order chi connectivity index (χ1) is 15.1. The number of ether oxygens (including phenoxy) is 2. The first-order valence-corrected chi connectivity index (χ1v) is 10.8. The minimum atomic E-state index is -0.408. The molecule has 3 N–H and O–H groups in total. The second kappa shape index (κ2) is 13.4. The largest absolute Gasteiger partial charge is 0.490 e. The molecule has 0 aliphatic heterocycles. The number of benzene rings is 2. The van der Waals surface area contributed by atoms with Crippen LogP contribution in [0.4, 0.5) is 5.69 Å². The van der Waals surface area contributed by atoms with Gasteiger partial charge < -0.3 is 20.1 Å². The Labute approximate surface area is 188 Å². The molecule has 7 nitrogen and oxygen atoms in total.